The number of amides is 2. The molecule has 8 nitrogen and oxygen atoms in total. The van der Waals surface area contributed by atoms with Gasteiger partial charge in [-0.25, -0.2) is 0 Å². The highest BCUT2D eigenvalue weighted by molar-refractivity contribution is 8.18. The van der Waals surface area contributed by atoms with E-state index >= 15 is 0 Å². The fraction of sp³-hybridized carbons (Fsp3) is 0.0909. The van der Waals surface area contributed by atoms with Crippen molar-refractivity contribution < 1.29 is 24.4 Å². The molecule has 156 valence electrons. The van der Waals surface area contributed by atoms with Crippen molar-refractivity contribution in [3.8, 4) is 11.5 Å². The molecule has 0 unspecified atom stereocenters. The Labute approximate surface area is 180 Å². The van der Waals surface area contributed by atoms with Crippen molar-refractivity contribution in [2.75, 3.05) is 7.11 Å². The Morgan fingerprint density at radius 3 is 2.58 bits per heavy atom. The second-order valence-electron chi connectivity index (χ2n) is 6.79. The SMILES string of the molecule is COc1cc([N+](=O)[O-])cc(/C=C2\SC(=O)N(Cc3ccc4ccccc4c3)C2=O)c1O. The third-order valence-electron chi connectivity index (χ3n) is 4.83. The van der Waals surface area contributed by atoms with Gasteiger partial charge in [-0.1, -0.05) is 36.4 Å². The van der Waals surface area contributed by atoms with E-state index in [4.69, 9.17) is 4.74 Å². The molecule has 0 radical (unpaired) electrons. The fourth-order valence-electron chi connectivity index (χ4n) is 3.28. The number of fused-ring (bicyclic) bond motifs is 1. The van der Waals surface area contributed by atoms with Crippen LogP contribution in [0.15, 0.2) is 59.5 Å². The van der Waals surface area contributed by atoms with E-state index in [-0.39, 0.29) is 34.2 Å². The first-order valence-corrected chi connectivity index (χ1v) is 9.97. The molecule has 1 heterocycles. The molecule has 0 spiro atoms. The van der Waals surface area contributed by atoms with Crippen LogP contribution in [0.2, 0.25) is 0 Å². The zero-order valence-corrected chi connectivity index (χ0v) is 17.1. The van der Waals surface area contributed by atoms with E-state index in [9.17, 15) is 24.8 Å². The average Bonchev–Trinajstić information content (AvgIpc) is 3.02. The lowest BCUT2D eigenvalue weighted by Gasteiger charge is -2.13. The van der Waals surface area contributed by atoms with Gasteiger partial charge in [0.25, 0.3) is 16.8 Å². The van der Waals surface area contributed by atoms with Crippen LogP contribution in [0.4, 0.5) is 10.5 Å². The number of methoxy groups -OCH3 is 1. The topological polar surface area (TPSA) is 110 Å². The summed E-state index contributed by atoms with van der Waals surface area (Å²) in [6.07, 6.45) is 1.26. The number of phenolic OH excluding ortho intramolecular Hbond substituents is 1. The first kappa shape index (κ1) is 20.4. The van der Waals surface area contributed by atoms with Gasteiger partial charge in [-0.05, 0) is 40.2 Å². The maximum absolute atomic E-state index is 12.8. The predicted molar refractivity (Wildman–Crippen MR) is 117 cm³/mol. The van der Waals surface area contributed by atoms with Gasteiger partial charge in [0.05, 0.1) is 29.5 Å². The van der Waals surface area contributed by atoms with Crippen molar-refractivity contribution in [3.63, 3.8) is 0 Å². The smallest absolute Gasteiger partial charge is 0.293 e. The Morgan fingerprint density at radius 2 is 1.87 bits per heavy atom. The van der Waals surface area contributed by atoms with Crippen LogP contribution >= 0.6 is 11.8 Å². The molecular weight excluding hydrogens is 420 g/mol. The highest BCUT2D eigenvalue weighted by atomic mass is 32.2. The van der Waals surface area contributed by atoms with E-state index in [1.165, 1.54) is 13.2 Å². The van der Waals surface area contributed by atoms with E-state index in [2.05, 4.69) is 0 Å². The molecule has 1 aliphatic rings. The third kappa shape index (κ3) is 3.95. The third-order valence-corrected chi connectivity index (χ3v) is 5.74. The summed E-state index contributed by atoms with van der Waals surface area (Å²) >= 11 is 0.713. The highest BCUT2D eigenvalue weighted by Gasteiger charge is 2.35. The Balaban J connectivity index is 1.64. The Bertz CT molecular complexity index is 1270. The first-order valence-electron chi connectivity index (χ1n) is 9.16. The Hall–Kier alpha value is -3.85. The van der Waals surface area contributed by atoms with Gasteiger partial charge in [-0.2, -0.15) is 0 Å². The molecule has 4 rings (SSSR count). The number of carbonyl (C=O) groups excluding carboxylic acids is 2. The monoisotopic (exact) mass is 436 g/mol. The minimum Gasteiger partial charge on any atom is -0.504 e. The molecule has 1 saturated heterocycles. The van der Waals surface area contributed by atoms with E-state index in [0.29, 0.717) is 11.8 Å². The Morgan fingerprint density at radius 1 is 1.13 bits per heavy atom. The zero-order chi connectivity index (χ0) is 22.1. The molecule has 31 heavy (non-hydrogen) atoms. The van der Waals surface area contributed by atoms with Crippen LogP contribution in [0.5, 0.6) is 11.5 Å². The number of nitro benzene ring substituents is 1. The second kappa shape index (κ2) is 8.11. The van der Waals surface area contributed by atoms with Gasteiger partial charge in [0.15, 0.2) is 11.5 Å². The van der Waals surface area contributed by atoms with Crippen molar-refractivity contribution in [2.24, 2.45) is 0 Å². The van der Waals surface area contributed by atoms with Crippen LogP contribution in [0.25, 0.3) is 16.8 Å². The van der Waals surface area contributed by atoms with Gasteiger partial charge >= 0.3 is 0 Å². The maximum Gasteiger partial charge on any atom is 0.293 e. The predicted octanol–water partition coefficient (Wildman–Crippen LogP) is 4.70. The summed E-state index contributed by atoms with van der Waals surface area (Å²) in [6, 6.07) is 15.7. The number of carbonyl (C=O) groups is 2. The van der Waals surface area contributed by atoms with E-state index < -0.39 is 16.1 Å². The van der Waals surface area contributed by atoms with Gasteiger partial charge in [-0.15, -0.1) is 0 Å². The van der Waals surface area contributed by atoms with E-state index in [1.54, 1.807) is 0 Å². The van der Waals surface area contributed by atoms with Crippen molar-refractivity contribution in [3.05, 3.63) is 80.7 Å². The van der Waals surface area contributed by atoms with Crippen molar-refractivity contribution >= 4 is 45.4 Å². The first-order chi connectivity index (χ1) is 14.9. The lowest BCUT2D eigenvalue weighted by Crippen LogP contribution is -2.27. The number of nitro groups is 1. The number of hydrogen-bond acceptors (Lipinski definition) is 7. The normalized spacial score (nSPS) is 15.1. The highest BCUT2D eigenvalue weighted by Crippen LogP contribution is 2.39. The fourth-order valence-corrected chi connectivity index (χ4v) is 4.11. The minimum atomic E-state index is -0.634. The molecule has 3 aromatic rings. The van der Waals surface area contributed by atoms with Crippen LogP contribution < -0.4 is 4.74 Å². The second-order valence-corrected chi connectivity index (χ2v) is 7.79. The van der Waals surface area contributed by atoms with E-state index in [1.807, 2.05) is 42.5 Å². The molecule has 0 bridgehead atoms. The standard InChI is InChI=1S/C22H16N2O6S/c1-30-18-11-17(24(28)29)9-16(20(18)25)10-19-21(26)23(22(27)31-19)12-13-6-7-14-4-2-3-5-15(14)8-13/h2-11,25H,12H2,1H3/b19-10-. The molecule has 0 aromatic heterocycles. The molecule has 1 N–H and O–H groups in total. The summed E-state index contributed by atoms with van der Waals surface area (Å²) in [5, 5.41) is 23.0. The molecule has 1 aliphatic heterocycles. The summed E-state index contributed by atoms with van der Waals surface area (Å²) < 4.78 is 4.97. The number of ether oxygens (including phenoxy) is 1. The number of phenols is 1. The van der Waals surface area contributed by atoms with Gasteiger partial charge in [0.2, 0.25) is 0 Å². The number of aromatic hydroxyl groups is 1. The average molecular weight is 436 g/mol. The van der Waals surface area contributed by atoms with Gasteiger partial charge < -0.3 is 9.84 Å². The summed E-state index contributed by atoms with van der Waals surface area (Å²) in [4.78, 5) is 37.0. The van der Waals surface area contributed by atoms with Crippen molar-refractivity contribution in [1.29, 1.82) is 0 Å². The molecule has 9 heteroatoms. The summed E-state index contributed by atoms with van der Waals surface area (Å²) in [6.45, 7) is 0.0943. The van der Waals surface area contributed by atoms with Crippen LogP contribution in [-0.4, -0.2) is 33.2 Å². The molecular formula is C22H16N2O6S. The number of imide groups is 1. The molecule has 2 amide bonds. The van der Waals surface area contributed by atoms with Crippen LogP contribution in [0, 0.1) is 10.1 Å². The summed E-state index contributed by atoms with van der Waals surface area (Å²) in [7, 11) is 1.26. The lowest BCUT2D eigenvalue weighted by atomic mass is 10.1. The zero-order valence-electron chi connectivity index (χ0n) is 16.3. The van der Waals surface area contributed by atoms with Crippen molar-refractivity contribution in [2.45, 2.75) is 6.54 Å². The Kier molecular flexibility index (Phi) is 5.35. The largest absolute Gasteiger partial charge is 0.504 e. The molecule has 1 fully saturated rings. The number of nitrogens with zero attached hydrogens (tertiary/aromatic N) is 2. The van der Waals surface area contributed by atoms with Crippen molar-refractivity contribution in [1.82, 2.24) is 4.90 Å². The molecule has 0 aliphatic carbocycles. The number of non-ortho nitro benzene ring substituents is 1. The lowest BCUT2D eigenvalue weighted by molar-refractivity contribution is -0.385. The van der Waals surface area contributed by atoms with Gasteiger partial charge in [-0.3, -0.25) is 24.6 Å². The molecule has 0 saturated carbocycles. The van der Waals surface area contributed by atoms with Crippen LogP contribution in [-0.2, 0) is 11.3 Å². The van der Waals surface area contributed by atoms with E-state index in [0.717, 1.165) is 33.4 Å². The van der Waals surface area contributed by atoms with Crippen LogP contribution in [0.3, 0.4) is 0 Å². The molecule has 0 atom stereocenters. The number of rotatable bonds is 5. The molecule has 3 aromatic carbocycles. The quantitative estimate of drug-likeness (QED) is 0.351. The number of thioether (sulfide) groups is 1. The minimum absolute atomic E-state index is 0.0160. The van der Waals surface area contributed by atoms with Gasteiger partial charge in [0, 0.05) is 11.6 Å². The number of hydrogen-bond donors (Lipinski definition) is 1. The van der Waals surface area contributed by atoms with Gasteiger partial charge in [0.1, 0.15) is 0 Å². The number of benzene rings is 3. The summed E-state index contributed by atoms with van der Waals surface area (Å²) in [5.74, 6) is -0.988. The maximum atomic E-state index is 12.8. The van der Waals surface area contributed by atoms with Crippen LogP contribution in [0.1, 0.15) is 11.1 Å². The summed E-state index contributed by atoms with van der Waals surface area (Å²) in [5.41, 5.74) is 0.501.